The van der Waals surface area contributed by atoms with Crippen molar-refractivity contribution in [2.45, 2.75) is 0 Å². The topological polar surface area (TPSA) is 0 Å². The minimum atomic E-state index is -6.00. The van der Waals surface area contributed by atoms with Gasteiger partial charge in [0.25, 0.3) is 0 Å². The van der Waals surface area contributed by atoms with E-state index in [1.807, 2.05) is 17.5 Å². The summed E-state index contributed by atoms with van der Waals surface area (Å²) in [5, 5.41) is 2.03. The fourth-order valence-electron chi connectivity index (χ4n) is 0.259. The number of hydrogen-bond donors (Lipinski definition) is 0. The summed E-state index contributed by atoms with van der Waals surface area (Å²) in [7, 11) is -18.0. The van der Waals surface area contributed by atoms with E-state index in [9.17, 15) is 51.8 Å². The normalized spacial score (nSPS) is 10.6. The van der Waals surface area contributed by atoms with Gasteiger partial charge in [-0.25, -0.2) is 0 Å². The van der Waals surface area contributed by atoms with Crippen molar-refractivity contribution < 1.29 is 51.8 Å². The van der Waals surface area contributed by atoms with E-state index in [4.69, 9.17) is 0 Å². The summed E-state index contributed by atoms with van der Waals surface area (Å²) in [4.78, 5) is 0. The van der Waals surface area contributed by atoms with Crippen molar-refractivity contribution >= 4 is 100 Å². The van der Waals surface area contributed by atoms with Crippen LogP contribution in [0.2, 0.25) is 0 Å². The van der Waals surface area contributed by atoms with Crippen LogP contribution < -0.4 is 0 Å². The molecule has 0 atom stereocenters. The Bertz CT molecular complexity index is 289. The molecule has 1 rings (SSSR count). The van der Waals surface area contributed by atoms with Crippen molar-refractivity contribution in [2.75, 3.05) is 0 Å². The van der Waals surface area contributed by atoms with Crippen LogP contribution in [0.15, 0.2) is 21.3 Å². The molecule has 22 heavy (non-hydrogen) atoms. The summed E-state index contributed by atoms with van der Waals surface area (Å²) in [6.45, 7) is 0. The standard InChI is InChI=1S/C4H3BrS.3BF4.K.H/c5-4-2-1-3-6-4;3*2-1(3,4)5;;/h1-3H;;;;;/q;3*-1;;. The van der Waals surface area contributed by atoms with Crippen molar-refractivity contribution in [3.05, 3.63) is 21.3 Å². The molecule has 0 bridgehead atoms. The first-order valence-corrected chi connectivity index (χ1v) is 5.88. The molecule has 0 spiro atoms. The van der Waals surface area contributed by atoms with Gasteiger partial charge in [-0.15, -0.1) is 11.3 Å². The molecule has 0 fully saturated rings. The quantitative estimate of drug-likeness (QED) is 0.339. The van der Waals surface area contributed by atoms with E-state index >= 15 is 0 Å². The second-order valence-electron chi connectivity index (χ2n) is 2.40. The Hall–Kier alpha value is 1.17. The third kappa shape index (κ3) is 129. The molecule has 0 aliphatic heterocycles. The third-order valence-electron chi connectivity index (χ3n) is 0.486. The molecule has 1 aromatic heterocycles. The molecule has 1 aromatic rings. The van der Waals surface area contributed by atoms with Crippen LogP contribution in [0.1, 0.15) is 0 Å². The predicted octanol–water partition coefficient (Wildman–Crippen LogP) is 5.76. The Labute approximate surface area is 171 Å². The van der Waals surface area contributed by atoms with Crippen molar-refractivity contribution in [3.8, 4) is 0 Å². The SMILES string of the molecule is Brc1cccs1.F[B-](F)(F)F.F[B-](F)(F)F.F[B-](F)(F)F.[KH]. The number of thiophene rings is 1. The van der Waals surface area contributed by atoms with Gasteiger partial charge in [0.1, 0.15) is 0 Å². The fraction of sp³-hybridized carbons (Fsp3) is 0. The van der Waals surface area contributed by atoms with Crippen LogP contribution in [-0.4, -0.2) is 73.1 Å². The third-order valence-corrected chi connectivity index (χ3v) is 1.97. The van der Waals surface area contributed by atoms with E-state index in [0.29, 0.717) is 0 Å². The molecule has 130 valence electrons. The maximum atomic E-state index is 9.75. The molecule has 0 aliphatic carbocycles. The second-order valence-corrected chi connectivity index (χ2v) is 4.73. The van der Waals surface area contributed by atoms with Gasteiger partial charge in [0.05, 0.1) is 3.79 Å². The van der Waals surface area contributed by atoms with Crippen molar-refractivity contribution in [2.24, 2.45) is 0 Å². The molecule has 18 heteroatoms. The van der Waals surface area contributed by atoms with Crippen LogP contribution in [0, 0.1) is 0 Å². The molecule has 0 amide bonds. The Morgan fingerprint density at radius 1 is 0.682 bits per heavy atom. The molecule has 0 unspecified atom stereocenters. The molecular weight excluding hydrogens is 460 g/mol. The van der Waals surface area contributed by atoms with E-state index in [2.05, 4.69) is 15.9 Å². The van der Waals surface area contributed by atoms with Gasteiger partial charge < -0.3 is 51.8 Å². The van der Waals surface area contributed by atoms with E-state index < -0.39 is 21.8 Å². The van der Waals surface area contributed by atoms with Gasteiger partial charge in [-0.05, 0) is 27.4 Å². The molecule has 0 saturated carbocycles. The van der Waals surface area contributed by atoms with Gasteiger partial charge in [0.15, 0.2) is 0 Å². The minimum absolute atomic E-state index is 0. The van der Waals surface area contributed by atoms with Gasteiger partial charge in [-0.1, -0.05) is 6.07 Å². The molecular formula is C4H4B3BrF12KS-3. The summed E-state index contributed by atoms with van der Waals surface area (Å²) >= 11 is 4.99. The predicted molar refractivity (Wildman–Crippen MR) is 69.7 cm³/mol. The van der Waals surface area contributed by atoms with Gasteiger partial charge >= 0.3 is 73.1 Å². The van der Waals surface area contributed by atoms with Crippen LogP contribution in [0.3, 0.4) is 0 Å². The van der Waals surface area contributed by atoms with Crippen LogP contribution >= 0.6 is 27.3 Å². The second kappa shape index (κ2) is 14.5. The van der Waals surface area contributed by atoms with Crippen molar-refractivity contribution in [3.63, 3.8) is 0 Å². The molecule has 1 heterocycles. The average molecular weight is 464 g/mol. The first-order valence-electron chi connectivity index (χ1n) is 4.20. The van der Waals surface area contributed by atoms with Gasteiger partial charge in [-0.3, -0.25) is 0 Å². The fourth-order valence-corrected chi connectivity index (χ4v) is 1.18. The van der Waals surface area contributed by atoms with Gasteiger partial charge in [0, 0.05) is 0 Å². The Morgan fingerprint density at radius 3 is 0.955 bits per heavy atom. The molecule has 0 aliphatic rings. The van der Waals surface area contributed by atoms with E-state index in [-0.39, 0.29) is 51.4 Å². The van der Waals surface area contributed by atoms with E-state index in [1.165, 1.54) is 3.79 Å². The molecule has 0 N–H and O–H groups in total. The van der Waals surface area contributed by atoms with Gasteiger partial charge in [0.2, 0.25) is 0 Å². The maximum absolute atomic E-state index is 9.75. The van der Waals surface area contributed by atoms with Crippen LogP contribution in [0.4, 0.5) is 51.8 Å². The first kappa shape index (κ1) is 31.0. The summed E-state index contributed by atoms with van der Waals surface area (Å²) in [5.74, 6) is 0. The Balaban J connectivity index is -0.0000000973. The molecule has 0 radical (unpaired) electrons. The number of rotatable bonds is 0. The summed E-state index contributed by atoms with van der Waals surface area (Å²) < 4.78 is 118. The summed E-state index contributed by atoms with van der Waals surface area (Å²) in [6, 6.07) is 4.03. The van der Waals surface area contributed by atoms with Crippen molar-refractivity contribution in [1.29, 1.82) is 0 Å². The Morgan fingerprint density at radius 2 is 0.909 bits per heavy atom. The number of hydrogen-bond acceptors (Lipinski definition) is 1. The average Bonchev–Trinajstić information content (AvgIpc) is 2.44. The van der Waals surface area contributed by atoms with E-state index in [1.54, 1.807) is 11.3 Å². The monoisotopic (exact) mass is 463 g/mol. The molecule has 0 aromatic carbocycles. The summed E-state index contributed by atoms with van der Waals surface area (Å²) in [5.41, 5.74) is 0. The van der Waals surface area contributed by atoms with Crippen LogP contribution in [0.25, 0.3) is 0 Å². The van der Waals surface area contributed by atoms with E-state index in [0.717, 1.165) is 0 Å². The van der Waals surface area contributed by atoms with Crippen LogP contribution in [0.5, 0.6) is 0 Å². The molecule has 0 saturated heterocycles. The zero-order valence-corrected chi connectivity index (χ0v) is 11.7. The first-order chi connectivity index (χ1) is 8.89. The zero-order chi connectivity index (χ0) is 17.9. The molecule has 0 nitrogen and oxygen atoms in total. The van der Waals surface area contributed by atoms with Crippen molar-refractivity contribution in [1.82, 2.24) is 0 Å². The van der Waals surface area contributed by atoms with Gasteiger partial charge in [-0.2, -0.15) is 0 Å². The Kier molecular flexibility index (Phi) is 20.4. The number of halogens is 13. The van der Waals surface area contributed by atoms with Crippen LogP contribution in [-0.2, 0) is 0 Å². The summed E-state index contributed by atoms with van der Waals surface area (Å²) in [6.07, 6.45) is 0. The zero-order valence-electron chi connectivity index (χ0n) is 9.29.